The maximum absolute atomic E-state index is 14.1. The summed E-state index contributed by atoms with van der Waals surface area (Å²) in [4.78, 5) is 38.7. The highest BCUT2D eigenvalue weighted by Crippen LogP contribution is 2.23. The first-order chi connectivity index (χ1) is 14.8. The highest BCUT2D eigenvalue weighted by molar-refractivity contribution is 6.30. The van der Waals surface area contributed by atoms with Crippen molar-refractivity contribution in [2.24, 2.45) is 0 Å². The highest BCUT2D eigenvalue weighted by atomic mass is 35.5. The molecule has 9 nitrogen and oxygen atoms in total. The number of fused-ring (bicyclic) bond motifs is 1. The van der Waals surface area contributed by atoms with Gasteiger partial charge in [-0.05, 0) is 6.07 Å². The fourth-order valence-corrected chi connectivity index (χ4v) is 3.74. The van der Waals surface area contributed by atoms with Gasteiger partial charge in [-0.15, -0.1) is 0 Å². The summed E-state index contributed by atoms with van der Waals surface area (Å²) in [6, 6.07) is 3.42. The Bertz CT molecular complexity index is 1160. The molecular weight excluding hydrogens is 432 g/mol. The molecule has 1 fully saturated rings. The molecule has 3 aromatic rings. The smallest absolute Gasteiger partial charge is 0.243 e. The molecule has 1 aliphatic heterocycles. The van der Waals surface area contributed by atoms with Crippen LogP contribution in [-0.4, -0.2) is 55.0 Å². The fourth-order valence-electron chi connectivity index (χ4n) is 3.55. The van der Waals surface area contributed by atoms with Gasteiger partial charge in [-0.2, -0.15) is 0 Å². The first kappa shape index (κ1) is 20.9. The number of nitrogens with two attached hydrogens (primary N) is 1. The summed E-state index contributed by atoms with van der Waals surface area (Å²) in [7, 11) is 0. The first-order valence-electron chi connectivity index (χ1n) is 9.40. The minimum Gasteiger partial charge on any atom is -0.382 e. The van der Waals surface area contributed by atoms with E-state index < -0.39 is 29.8 Å². The molecule has 1 saturated heterocycles. The second kappa shape index (κ2) is 8.42. The fraction of sp³-hybridized carbons (Fsp3) is 0.316. The van der Waals surface area contributed by atoms with Crippen molar-refractivity contribution in [1.82, 2.24) is 29.7 Å². The Morgan fingerprint density at radius 3 is 2.90 bits per heavy atom. The minimum absolute atomic E-state index is 0.0646. The Kier molecular flexibility index (Phi) is 5.68. The van der Waals surface area contributed by atoms with Crippen LogP contribution in [0.15, 0.2) is 30.9 Å². The number of nitrogens with zero attached hydrogens (tertiary/aromatic N) is 5. The number of hydrogen-bond acceptors (Lipinski definition) is 6. The van der Waals surface area contributed by atoms with E-state index in [1.807, 2.05) is 0 Å². The number of amides is 2. The maximum atomic E-state index is 14.1. The number of rotatable bonds is 5. The molecule has 162 valence electrons. The van der Waals surface area contributed by atoms with Gasteiger partial charge < -0.3 is 20.5 Å². The Morgan fingerprint density at radius 1 is 1.29 bits per heavy atom. The van der Waals surface area contributed by atoms with E-state index in [0.717, 1.165) is 0 Å². The van der Waals surface area contributed by atoms with Crippen LogP contribution in [0.25, 0.3) is 11.2 Å². The van der Waals surface area contributed by atoms with Crippen LogP contribution in [0.4, 0.5) is 14.6 Å². The first-order valence-corrected chi connectivity index (χ1v) is 9.78. The Labute approximate surface area is 180 Å². The molecule has 0 radical (unpaired) electrons. The Hall–Kier alpha value is -3.34. The van der Waals surface area contributed by atoms with Crippen molar-refractivity contribution in [3.63, 3.8) is 0 Å². The lowest BCUT2D eigenvalue weighted by Gasteiger charge is -2.24. The molecule has 0 aliphatic carbocycles. The van der Waals surface area contributed by atoms with Crippen LogP contribution in [-0.2, 0) is 22.7 Å². The molecule has 4 rings (SSSR count). The van der Waals surface area contributed by atoms with Crippen LogP contribution in [0, 0.1) is 5.82 Å². The van der Waals surface area contributed by atoms with E-state index in [1.54, 1.807) is 6.07 Å². The zero-order valence-electron chi connectivity index (χ0n) is 16.1. The van der Waals surface area contributed by atoms with E-state index in [2.05, 4.69) is 20.3 Å². The normalized spacial score (nSPS) is 18.5. The molecule has 3 heterocycles. The predicted molar refractivity (Wildman–Crippen MR) is 108 cm³/mol. The number of imidazole rings is 1. The van der Waals surface area contributed by atoms with E-state index in [1.165, 1.54) is 34.3 Å². The SMILES string of the molecule is Nc1ncnc2c1ncn2CC(=O)N1C[C@H](F)C[C@H]1C(=O)NCc1cccc(Cl)c1F. The summed E-state index contributed by atoms with van der Waals surface area (Å²) in [5.74, 6) is -1.52. The van der Waals surface area contributed by atoms with Gasteiger partial charge >= 0.3 is 0 Å². The average molecular weight is 450 g/mol. The van der Waals surface area contributed by atoms with Crippen molar-refractivity contribution < 1.29 is 18.4 Å². The minimum atomic E-state index is -1.35. The standard InChI is InChI=1S/C19H18ClF2N7O2/c20-12-3-1-2-10(15(12)22)5-24-19(31)13-4-11(21)6-29(13)14(30)7-28-9-27-16-17(23)25-8-26-18(16)28/h1-3,8-9,11,13H,4-7H2,(H,24,31)(H2,23,25,26)/t11-,13+/m1/s1. The largest absolute Gasteiger partial charge is 0.382 e. The summed E-state index contributed by atoms with van der Waals surface area (Å²) in [6.45, 7) is -0.554. The summed E-state index contributed by atoms with van der Waals surface area (Å²) in [6.07, 6.45) is 1.14. The van der Waals surface area contributed by atoms with Gasteiger partial charge in [0.25, 0.3) is 0 Å². The van der Waals surface area contributed by atoms with Crippen LogP contribution >= 0.6 is 11.6 Å². The number of hydrogen-bond donors (Lipinski definition) is 2. The van der Waals surface area contributed by atoms with E-state index in [4.69, 9.17) is 17.3 Å². The lowest BCUT2D eigenvalue weighted by atomic mass is 10.1. The molecule has 2 aromatic heterocycles. The molecule has 2 atom stereocenters. The van der Waals surface area contributed by atoms with Crippen LogP contribution < -0.4 is 11.1 Å². The zero-order chi connectivity index (χ0) is 22.1. The number of anilines is 1. The molecule has 31 heavy (non-hydrogen) atoms. The number of carbonyl (C=O) groups excluding carboxylic acids is 2. The second-order valence-electron chi connectivity index (χ2n) is 7.13. The molecular formula is C19H18ClF2N7O2. The Morgan fingerprint density at radius 2 is 2.10 bits per heavy atom. The molecule has 0 bridgehead atoms. The van der Waals surface area contributed by atoms with Crippen LogP contribution in [0.3, 0.4) is 0 Å². The molecule has 0 spiro atoms. The van der Waals surface area contributed by atoms with Gasteiger partial charge in [0, 0.05) is 18.5 Å². The average Bonchev–Trinajstić information content (AvgIpc) is 3.33. The molecule has 2 amide bonds. The zero-order valence-corrected chi connectivity index (χ0v) is 16.9. The van der Waals surface area contributed by atoms with Gasteiger partial charge in [0.15, 0.2) is 11.5 Å². The number of carbonyl (C=O) groups is 2. The quantitative estimate of drug-likeness (QED) is 0.608. The van der Waals surface area contributed by atoms with Gasteiger partial charge in [-0.1, -0.05) is 23.7 Å². The number of nitrogens with one attached hydrogen (secondary N) is 1. The number of nitrogen functional groups attached to an aromatic ring is 1. The van der Waals surface area contributed by atoms with E-state index in [0.29, 0.717) is 11.2 Å². The van der Waals surface area contributed by atoms with Gasteiger partial charge in [0.05, 0.1) is 17.9 Å². The van der Waals surface area contributed by atoms with Crippen LogP contribution in [0.1, 0.15) is 12.0 Å². The van der Waals surface area contributed by atoms with Crippen molar-refractivity contribution in [3.05, 3.63) is 47.3 Å². The summed E-state index contributed by atoms with van der Waals surface area (Å²) in [5.41, 5.74) is 6.64. The number of halogens is 3. The highest BCUT2D eigenvalue weighted by Gasteiger charge is 2.39. The molecule has 12 heteroatoms. The third kappa shape index (κ3) is 4.13. The van der Waals surface area contributed by atoms with Gasteiger partial charge in [0.2, 0.25) is 11.8 Å². The number of alkyl halides is 1. The molecule has 0 unspecified atom stereocenters. The predicted octanol–water partition coefficient (Wildman–Crippen LogP) is 1.46. The third-order valence-electron chi connectivity index (χ3n) is 5.09. The topological polar surface area (TPSA) is 119 Å². The van der Waals surface area contributed by atoms with Crippen molar-refractivity contribution in [2.45, 2.75) is 31.7 Å². The second-order valence-corrected chi connectivity index (χ2v) is 7.54. The monoisotopic (exact) mass is 449 g/mol. The molecule has 1 aromatic carbocycles. The van der Waals surface area contributed by atoms with Crippen molar-refractivity contribution >= 4 is 40.4 Å². The summed E-state index contributed by atoms with van der Waals surface area (Å²) >= 11 is 5.74. The number of likely N-dealkylation sites (tertiary alicyclic amines) is 1. The molecule has 1 aliphatic rings. The van der Waals surface area contributed by atoms with Crippen molar-refractivity contribution in [1.29, 1.82) is 0 Å². The van der Waals surface area contributed by atoms with Crippen molar-refractivity contribution in [3.8, 4) is 0 Å². The van der Waals surface area contributed by atoms with E-state index in [-0.39, 0.29) is 42.5 Å². The lowest BCUT2D eigenvalue weighted by Crippen LogP contribution is -2.46. The van der Waals surface area contributed by atoms with E-state index in [9.17, 15) is 18.4 Å². The summed E-state index contributed by atoms with van der Waals surface area (Å²) < 4.78 is 29.6. The molecule has 0 saturated carbocycles. The summed E-state index contributed by atoms with van der Waals surface area (Å²) in [5, 5.41) is 2.49. The van der Waals surface area contributed by atoms with Crippen LogP contribution in [0.5, 0.6) is 0 Å². The number of aromatic nitrogens is 4. The van der Waals surface area contributed by atoms with Gasteiger partial charge in [-0.25, -0.2) is 23.7 Å². The van der Waals surface area contributed by atoms with Gasteiger partial charge in [-0.3, -0.25) is 9.59 Å². The number of benzene rings is 1. The lowest BCUT2D eigenvalue weighted by molar-refractivity contribution is -0.139. The van der Waals surface area contributed by atoms with E-state index >= 15 is 0 Å². The van der Waals surface area contributed by atoms with Crippen molar-refractivity contribution in [2.75, 3.05) is 12.3 Å². The van der Waals surface area contributed by atoms with Crippen LogP contribution in [0.2, 0.25) is 5.02 Å². The Balaban J connectivity index is 1.46. The van der Waals surface area contributed by atoms with Gasteiger partial charge in [0.1, 0.15) is 36.4 Å². The molecule has 3 N–H and O–H groups in total. The third-order valence-corrected chi connectivity index (χ3v) is 5.38. The maximum Gasteiger partial charge on any atom is 0.243 e.